The van der Waals surface area contributed by atoms with Gasteiger partial charge in [0.25, 0.3) is 0 Å². The van der Waals surface area contributed by atoms with Gasteiger partial charge in [-0.2, -0.15) is 5.10 Å². The topological polar surface area (TPSA) is 55.1 Å². The Morgan fingerprint density at radius 3 is 2.27 bits per heavy atom. The minimum absolute atomic E-state index is 0.424. The molecule has 11 heavy (non-hydrogen) atoms. The van der Waals surface area contributed by atoms with Crippen molar-refractivity contribution in [3.05, 3.63) is 11.4 Å². The Labute approximate surface area is 67.5 Å². The normalized spacial score (nSPS) is 13.5. The molecular weight excluding hydrogens is 164 g/mol. The molecule has 0 aliphatic rings. The van der Waals surface area contributed by atoms with Gasteiger partial charge in [0.15, 0.2) is 11.1 Å². The molecule has 0 saturated carbocycles. The second-order valence-electron chi connectivity index (χ2n) is 2.37. The molecule has 1 aromatic heterocycles. The van der Waals surface area contributed by atoms with Crippen molar-refractivity contribution in [2.45, 2.75) is 18.7 Å². The molecule has 0 amide bonds. The molecule has 4 nitrogen and oxygen atoms in total. The van der Waals surface area contributed by atoms with Crippen LogP contribution in [0.5, 0.6) is 0 Å². The van der Waals surface area contributed by atoms with Gasteiger partial charge in [0.2, 0.25) is 0 Å². The summed E-state index contributed by atoms with van der Waals surface area (Å²) in [5, 5.41) is 4.00. The Kier molecular flexibility index (Phi) is 2.10. The molecule has 1 unspecified atom stereocenters. The smallest absolute Gasteiger partial charge is 0.190 e. The molecule has 0 aliphatic heterocycles. The van der Waals surface area contributed by atoms with Crippen LogP contribution in [-0.2, 0) is 18.1 Å². The van der Waals surface area contributed by atoms with Gasteiger partial charge in [-0.05, 0) is 13.8 Å². The predicted molar refractivity (Wildman–Crippen MR) is 41.7 cm³/mol. The Bertz CT molecular complexity index is 306. The van der Waals surface area contributed by atoms with Crippen LogP contribution in [0.3, 0.4) is 0 Å². The Morgan fingerprint density at radius 2 is 2.09 bits per heavy atom. The zero-order valence-electron chi connectivity index (χ0n) is 6.66. The highest BCUT2D eigenvalue weighted by Crippen LogP contribution is 2.14. The third kappa shape index (κ3) is 1.34. The number of nitrogens with zero attached hydrogens (tertiary/aromatic N) is 2. The van der Waals surface area contributed by atoms with Gasteiger partial charge in [-0.3, -0.25) is 4.68 Å². The van der Waals surface area contributed by atoms with Gasteiger partial charge in [0.1, 0.15) is 4.90 Å². The molecule has 1 heterocycles. The van der Waals surface area contributed by atoms with E-state index in [-0.39, 0.29) is 0 Å². The summed E-state index contributed by atoms with van der Waals surface area (Å²) in [6.45, 7) is 3.49. The first kappa shape index (κ1) is 8.42. The number of hydrogen-bond acceptors (Lipinski definition) is 2. The van der Waals surface area contributed by atoms with Crippen molar-refractivity contribution in [1.82, 2.24) is 9.78 Å². The van der Waals surface area contributed by atoms with E-state index < -0.39 is 11.1 Å². The highest BCUT2D eigenvalue weighted by Gasteiger charge is 2.13. The van der Waals surface area contributed by atoms with Gasteiger partial charge in [-0.15, -0.1) is 0 Å². The Hall–Kier alpha value is -0.680. The van der Waals surface area contributed by atoms with E-state index in [2.05, 4.69) is 5.10 Å². The van der Waals surface area contributed by atoms with Gasteiger partial charge in [-0.1, -0.05) is 0 Å². The van der Waals surface area contributed by atoms with Crippen LogP contribution in [0, 0.1) is 13.8 Å². The van der Waals surface area contributed by atoms with Crippen molar-refractivity contribution in [3.63, 3.8) is 0 Å². The van der Waals surface area contributed by atoms with Crippen LogP contribution in [-0.4, -0.2) is 18.5 Å². The highest BCUT2D eigenvalue weighted by molar-refractivity contribution is 7.79. The zero-order chi connectivity index (χ0) is 8.59. The molecule has 0 bridgehead atoms. The van der Waals surface area contributed by atoms with E-state index >= 15 is 0 Å². The van der Waals surface area contributed by atoms with E-state index in [9.17, 15) is 4.21 Å². The highest BCUT2D eigenvalue weighted by atomic mass is 32.2. The zero-order valence-corrected chi connectivity index (χ0v) is 7.47. The maximum absolute atomic E-state index is 10.7. The van der Waals surface area contributed by atoms with Crippen molar-refractivity contribution in [2.24, 2.45) is 7.05 Å². The lowest BCUT2D eigenvalue weighted by molar-refractivity contribution is 0.563. The number of aryl methyl sites for hydroxylation is 2. The van der Waals surface area contributed by atoms with Crippen LogP contribution in [0.25, 0.3) is 0 Å². The van der Waals surface area contributed by atoms with E-state index in [1.807, 2.05) is 0 Å². The molecule has 1 atom stereocenters. The first-order valence-corrected chi connectivity index (χ1v) is 4.25. The molecule has 1 N–H and O–H groups in total. The number of hydrogen-bond donors (Lipinski definition) is 1. The Morgan fingerprint density at radius 1 is 1.55 bits per heavy atom. The summed E-state index contributed by atoms with van der Waals surface area (Å²) in [5.41, 5.74) is 1.36. The maximum atomic E-state index is 10.7. The SMILES string of the molecule is Cc1nn(C)c(C)c1S(=O)O. The summed E-state index contributed by atoms with van der Waals surface area (Å²) in [5.74, 6) is 0. The summed E-state index contributed by atoms with van der Waals surface area (Å²) in [6.07, 6.45) is 0. The quantitative estimate of drug-likeness (QED) is 0.635. The summed E-state index contributed by atoms with van der Waals surface area (Å²) >= 11 is -1.91. The van der Waals surface area contributed by atoms with Crippen LogP contribution in [0.4, 0.5) is 0 Å². The standard InChI is InChI=1S/C6H10N2O2S/c1-4-6(11(9)10)5(2)8(3)7-4/h1-3H3,(H,9,10). The Balaban J connectivity index is 3.34. The monoisotopic (exact) mass is 174 g/mol. The first-order chi connectivity index (χ1) is 5.04. The molecular formula is C6H10N2O2S. The lowest BCUT2D eigenvalue weighted by Gasteiger charge is -1.93. The maximum Gasteiger partial charge on any atom is 0.190 e. The third-order valence-corrected chi connectivity index (χ3v) is 2.56. The molecule has 0 aliphatic carbocycles. The van der Waals surface area contributed by atoms with E-state index in [0.717, 1.165) is 5.69 Å². The molecule has 1 aromatic rings. The second-order valence-corrected chi connectivity index (χ2v) is 3.28. The fraction of sp³-hybridized carbons (Fsp3) is 0.500. The van der Waals surface area contributed by atoms with Crippen molar-refractivity contribution in [2.75, 3.05) is 0 Å². The lowest BCUT2D eigenvalue weighted by Crippen LogP contribution is -1.95. The summed E-state index contributed by atoms with van der Waals surface area (Å²) in [6, 6.07) is 0. The van der Waals surface area contributed by atoms with E-state index in [1.54, 1.807) is 25.6 Å². The fourth-order valence-corrected chi connectivity index (χ4v) is 1.69. The molecule has 1 rings (SSSR count). The van der Waals surface area contributed by atoms with Gasteiger partial charge in [0, 0.05) is 7.05 Å². The van der Waals surface area contributed by atoms with Gasteiger partial charge >= 0.3 is 0 Å². The van der Waals surface area contributed by atoms with Gasteiger partial charge in [-0.25, -0.2) is 4.21 Å². The van der Waals surface area contributed by atoms with Crippen LogP contribution < -0.4 is 0 Å². The molecule has 0 aromatic carbocycles. The summed E-state index contributed by atoms with van der Waals surface area (Å²) in [7, 11) is 1.75. The minimum atomic E-state index is -1.91. The molecule has 0 fully saturated rings. The molecule has 0 radical (unpaired) electrons. The van der Waals surface area contributed by atoms with E-state index in [4.69, 9.17) is 4.55 Å². The molecule has 5 heteroatoms. The minimum Gasteiger partial charge on any atom is -0.302 e. The fourth-order valence-electron chi connectivity index (χ4n) is 1.01. The van der Waals surface area contributed by atoms with Crippen LogP contribution in [0.2, 0.25) is 0 Å². The number of aromatic nitrogens is 2. The summed E-state index contributed by atoms with van der Waals surface area (Å²) in [4.78, 5) is 0.424. The molecule has 0 saturated heterocycles. The van der Waals surface area contributed by atoms with E-state index in [1.165, 1.54) is 0 Å². The van der Waals surface area contributed by atoms with Crippen LogP contribution >= 0.6 is 0 Å². The second kappa shape index (κ2) is 2.75. The van der Waals surface area contributed by atoms with Crippen LogP contribution in [0.1, 0.15) is 11.4 Å². The predicted octanol–water partition coefficient (Wildman–Crippen LogP) is 0.618. The van der Waals surface area contributed by atoms with Crippen LogP contribution in [0.15, 0.2) is 4.90 Å². The summed E-state index contributed by atoms with van der Waals surface area (Å²) < 4.78 is 21.1. The largest absolute Gasteiger partial charge is 0.302 e. The van der Waals surface area contributed by atoms with Crippen molar-refractivity contribution >= 4 is 11.1 Å². The first-order valence-electron chi connectivity index (χ1n) is 3.15. The van der Waals surface area contributed by atoms with Crippen molar-refractivity contribution in [3.8, 4) is 0 Å². The van der Waals surface area contributed by atoms with E-state index in [0.29, 0.717) is 10.6 Å². The molecule has 62 valence electrons. The lowest BCUT2D eigenvalue weighted by atomic mass is 10.4. The number of rotatable bonds is 1. The van der Waals surface area contributed by atoms with Crippen molar-refractivity contribution < 1.29 is 8.76 Å². The molecule has 0 spiro atoms. The average molecular weight is 174 g/mol. The average Bonchev–Trinajstić information content (AvgIpc) is 2.07. The van der Waals surface area contributed by atoms with Gasteiger partial charge < -0.3 is 4.55 Å². The third-order valence-electron chi connectivity index (χ3n) is 1.62. The van der Waals surface area contributed by atoms with Crippen molar-refractivity contribution in [1.29, 1.82) is 0 Å². The van der Waals surface area contributed by atoms with Gasteiger partial charge in [0.05, 0.1) is 11.4 Å².